The van der Waals surface area contributed by atoms with Crippen LogP contribution in [0.25, 0.3) is 0 Å². The molecule has 6 heteroatoms. The van der Waals surface area contributed by atoms with E-state index in [2.05, 4.69) is 21.2 Å². The fourth-order valence-electron chi connectivity index (χ4n) is 2.80. The minimum absolute atomic E-state index is 0.0927. The Labute approximate surface area is 135 Å². The minimum Gasteiger partial charge on any atom is -0.310 e. The third-order valence-corrected chi connectivity index (χ3v) is 7.25. The van der Waals surface area contributed by atoms with Gasteiger partial charge in [-0.2, -0.15) is 4.31 Å². The molecule has 0 aromatic heterocycles. The summed E-state index contributed by atoms with van der Waals surface area (Å²) in [5, 5.41) is 3.43. The molecule has 2 fully saturated rings. The van der Waals surface area contributed by atoms with Crippen molar-refractivity contribution in [3.8, 4) is 0 Å². The largest absolute Gasteiger partial charge is 0.310 e. The van der Waals surface area contributed by atoms with E-state index in [9.17, 15) is 8.42 Å². The zero-order chi connectivity index (χ0) is 15.0. The van der Waals surface area contributed by atoms with Gasteiger partial charge in [-0.15, -0.1) is 0 Å². The highest BCUT2D eigenvalue weighted by Gasteiger charge is 2.34. The maximum atomic E-state index is 12.8. The standard InChI is InChI=1S/C15H21BrN2O2S/c1-11-3-2-8-18(11)21(19,20)15-9-12(4-7-14(15)16)10-17-13-5-6-13/h4,7,9,11,13,17H,2-3,5-6,8,10H2,1H3. The van der Waals surface area contributed by atoms with Gasteiger partial charge in [0, 0.05) is 29.6 Å². The third-order valence-electron chi connectivity index (χ3n) is 4.25. The first-order chi connectivity index (χ1) is 9.98. The Morgan fingerprint density at radius 2 is 2.10 bits per heavy atom. The summed E-state index contributed by atoms with van der Waals surface area (Å²) >= 11 is 3.40. The predicted molar refractivity (Wildman–Crippen MR) is 86.6 cm³/mol. The van der Waals surface area contributed by atoms with E-state index in [1.165, 1.54) is 12.8 Å². The molecule has 4 nitrogen and oxygen atoms in total. The van der Waals surface area contributed by atoms with Crippen molar-refractivity contribution in [2.75, 3.05) is 6.54 Å². The van der Waals surface area contributed by atoms with Crippen LogP contribution in [-0.4, -0.2) is 31.4 Å². The van der Waals surface area contributed by atoms with E-state index in [0.717, 1.165) is 24.9 Å². The second-order valence-electron chi connectivity index (χ2n) is 6.03. The van der Waals surface area contributed by atoms with Crippen molar-refractivity contribution in [3.63, 3.8) is 0 Å². The predicted octanol–water partition coefficient (Wildman–Crippen LogP) is 2.87. The number of halogens is 1. The van der Waals surface area contributed by atoms with E-state index >= 15 is 0 Å². The molecule has 1 heterocycles. The SMILES string of the molecule is CC1CCCN1S(=O)(=O)c1cc(CNC2CC2)ccc1Br. The Balaban J connectivity index is 1.86. The molecule has 1 saturated carbocycles. The highest BCUT2D eigenvalue weighted by molar-refractivity contribution is 9.10. The summed E-state index contributed by atoms with van der Waals surface area (Å²) in [6.07, 6.45) is 4.35. The second kappa shape index (κ2) is 5.99. The maximum absolute atomic E-state index is 12.8. The molecule has 1 aromatic carbocycles. The number of rotatable bonds is 5. The highest BCUT2D eigenvalue weighted by Crippen LogP contribution is 2.31. The summed E-state index contributed by atoms with van der Waals surface area (Å²) in [4.78, 5) is 0.395. The molecule has 1 unspecified atom stereocenters. The molecule has 1 saturated heterocycles. The Morgan fingerprint density at radius 3 is 2.71 bits per heavy atom. The number of benzene rings is 1. The van der Waals surface area contributed by atoms with Crippen LogP contribution in [0.3, 0.4) is 0 Å². The lowest BCUT2D eigenvalue weighted by atomic mass is 10.2. The van der Waals surface area contributed by atoms with E-state index in [4.69, 9.17) is 0 Å². The summed E-state index contributed by atoms with van der Waals surface area (Å²) in [5.74, 6) is 0. The van der Waals surface area contributed by atoms with Crippen molar-refractivity contribution in [2.45, 2.75) is 56.1 Å². The summed E-state index contributed by atoms with van der Waals surface area (Å²) in [5.41, 5.74) is 1.02. The van der Waals surface area contributed by atoms with Gasteiger partial charge >= 0.3 is 0 Å². The molecule has 0 amide bonds. The first-order valence-electron chi connectivity index (χ1n) is 7.52. The molecule has 1 aromatic rings. The first kappa shape index (κ1) is 15.5. The van der Waals surface area contributed by atoms with Gasteiger partial charge < -0.3 is 5.32 Å². The molecule has 3 rings (SSSR count). The Bertz CT molecular complexity index is 629. The van der Waals surface area contributed by atoms with Gasteiger partial charge in [-0.05, 0) is 66.2 Å². The van der Waals surface area contributed by atoms with Crippen LogP contribution in [-0.2, 0) is 16.6 Å². The van der Waals surface area contributed by atoms with Gasteiger partial charge in [0.1, 0.15) is 0 Å². The smallest absolute Gasteiger partial charge is 0.244 e. The number of nitrogens with one attached hydrogen (secondary N) is 1. The maximum Gasteiger partial charge on any atom is 0.244 e. The van der Waals surface area contributed by atoms with Crippen LogP contribution in [0, 0.1) is 0 Å². The average Bonchev–Trinajstić information content (AvgIpc) is 3.17. The third kappa shape index (κ3) is 3.33. The Kier molecular flexibility index (Phi) is 4.41. The number of hydrogen-bond donors (Lipinski definition) is 1. The molecule has 1 N–H and O–H groups in total. The fourth-order valence-corrected chi connectivity index (χ4v) is 5.47. The molecule has 21 heavy (non-hydrogen) atoms. The van der Waals surface area contributed by atoms with Gasteiger partial charge in [-0.25, -0.2) is 8.42 Å². The fraction of sp³-hybridized carbons (Fsp3) is 0.600. The summed E-state index contributed by atoms with van der Waals surface area (Å²) < 4.78 is 28.0. The van der Waals surface area contributed by atoms with Gasteiger partial charge in [-0.1, -0.05) is 6.07 Å². The van der Waals surface area contributed by atoms with E-state index in [1.54, 1.807) is 10.4 Å². The lowest BCUT2D eigenvalue weighted by Crippen LogP contribution is -2.34. The van der Waals surface area contributed by atoms with Gasteiger partial charge in [0.05, 0.1) is 4.90 Å². The first-order valence-corrected chi connectivity index (χ1v) is 9.75. The van der Waals surface area contributed by atoms with E-state index < -0.39 is 10.0 Å². The summed E-state index contributed by atoms with van der Waals surface area (Å²) in [6.45, 7) is 3.34. The zero-order valence-corrected chi connectivity index (χ0v) is 14.6. The average molecular weight is 373 g/mol. The molecule has 0 spiro atoms. The van der Waals surface area contributed by atoms with Gasteiger partial charge in [-0.3, -0.25) is 0 Å². The van der Waals surface area contributed by atoms with Crippen molar-refractivity contribution in [1.29, 1.82) is 0 Å². The van der Waals surface area contributed by atoms with Crippen molar-refractivity contribution < 1.29 is 8.42 Å². The van der Waals surface area contributed by atoms with Crippen molar-refractivity contribution >= 4 is 26.0 Å². The Hall–Kier alpha value is -0.430. The topological polar surface area (TPSA) is 49.4 Å². The highest BCUT2D eigenvalue weighted by atomic mass is 79.9. The van der Waals surface area contributed by atoms with Crippen LogP contribution in [0.5, 0.6) is 0 Å². The summed E-state index contributed by atoms with van der Waals surface area (Å²) in [6, 6.07) is 6.34. The molecule has 116 valence electrons. The Morgan fingerprint density at radius 1 is 1.33 bits per heavy atom. The molecule has 1 aliphatic heterocycles. The molecule has 1 atom stereocenters. The van der Waals surface area contributed by atoms with Crippen LogP contribution >= 0.6 is 15.9 Å². The van der Waals surface area contributed by atoms with E-state index in [1.807, 2.05) is 19.1 Å². The number of hydrogen-bond acceptors (Lipinski definition) is 3. The van der Waals surface area contributed by atoms with Crippen LogP contribution in [0.15, 0.2) is 27.6 Å². The second-order valence-corrected chi connectivity index (χ2v) is 8.74. The van der Waals surface area contributed by atoms with Gasteiger partial charge in [0.15, 0.2) is 0 Å². The normalized spacial score (nSPS) is 23.6. The molecule has 2 aliphatic rings. The summed E-state index contributed by atoms with van der Waals surface area (Å²) in [7, 11) is -3.41. The minimum atomic E-state index is -3.41. The van der Waals surface area contributed by atoms with Crippen LogP contribution in [0.2, 0.25) is 0 Å². The quantitative estimate of drug-likeness (QED) is 0.864. The van der Waals surface area contributed by atoms with Gasteiger partial charge in [0.25, 0.3) is 0 Å². The molecule has 0 radical (unpaired) electrons. The van der Waals surface area contributed by atoms with Crippen molar-refractivity contribution in [2.24, 2.45) is 0 Å². The van der Waals surface area contributed by atoms with E-state index in [-0.39, 0.29) is 6.04 Å². The number of nitrogens with zero attached hydrogens (tertiary/aromatic N) is 1. The van der Waals surface area contributed by atoms with Crippen LogP contribution < -0.4 is 5.32 Å². The lowest BCUT2D eigenvalue weighted by Gasteiger charge is -2.22. The molecular weight excluding hydrogens is 352 g/mol. The number of sulfonamides is 1. The monoisotopic (exact) mass is 372 g/mol. The molecular formula is C15H21BrN2O2S. The van der Waals surface area contributed by atoms with Gasteiger partial charge in [0.2, 0.25) is 10.0 Å². The van der Waals surface area contributed by atoms with Crippen molar-refractivity contribution in [3.05, 3.63) is 28.2 Å². The lowest BCUT2D eigenvalue weighted by molar-refractivity contribution is 0.408. The molecule has 1 aliphatic carbocycles. The van der Waals surface area contributed by atoms with E-state index in [0.29, 0.717) is 22.0 Å². The van der Waals surface area contributed by atoms with Crippen LogP contribution in [0.4, 0.5) is 0 Å². The van der Waals surface area contributed by atoms with Crippen LogP contribution in [0.1, 0.15) is 38.2 Å². The van der Waals surface area contributed by atoms with Crippen molar-refractivity contribution in [1.82, 2.24) is 9.62 Å². The molecule has 0 bridgehead atoms. The zero-order valence-electron chi connectivity index (χ0n) is 12.2.